The van der Waals surface area contributed by atoms with Crippen molar-refractivity contribution in [3.8, 4) is 11.3 Å². The number of rotatable bonds is 5. The van der Waals surface area contributed by atoms with E-state index in [2.05, 4.69) is 30.3 Å². The van der Waals surface area contributed by atoms with Gasteiger partial charge in [0, 0.05) is 42.1 Å². The van der Waals surface area contributed by atoms with E-state index >= 15 is 0 Å². The Labute approximate surface area is 157 Å². The number of nitrogens with zero attached hydrogens (tertiary/aromatic N) is 2. The zero-order chi connectivity index (χ0) is 18.9. The molecule has 0 bridgehead atoms. The summed E-state index contributed by atoms with van der Waals surface area (Å²) < 4.78 is 25.6. The number of aromatic amines is 1. The molecule has 3 aromatic heterocycles. The second kappa shape index (κ2) is 7.16. The summed E-state index contributed by atoms with van der Waals surface area (Å²) in [4.78, 5) is 12.1. The molecule has 0 spiro atoms. The first-order valence-corrected chi connectivity index (χ1v) is 10.8. The molecule has 0 saturated carbocycles. The van der Waals surface area contributed by atoms with Crippen LogP contribution in [-0.4, -0.2) is 48.8 Å². The first-order valence-electron chi connectivity index (χ1n) is 8.87. The van der Waals surface area contributed by atoms with Gasteiger partial charge in [0.1, 0.15) is 5.65 Å². The molecule has 1 aliphatic heterocycles. The maximum atomic E-state index is 11.6. The van der Waals surface area contributed by atoms with E-state index < -0.39 is 10.0 Å². The van der Waals surface area contributed by atoms with Crippen molar-refractivity contribution >= 4 is 32.4 Å². The molecule has 0 aromatic carbocycles. The Morgan fingerprint density at radius 2 is 2.15 bits per heavy atom. The second-order valence-corrected chi connectivity index (χ2v) is 8.53. The van der Waals surface area contributed by atoms with E-state index in [0.29, 0.717) is 17.4 Å². The molecule has 1 atom stereocenters. The Morgan fingerprint density at radius 1 is 1.26 bits per heavy atom. The first kappa shape index (κ1) is 17.7. The largest absolute Gasteiger partial charge is 0.380 e. The smallest absolute Gasteiger partial charge is 0.229 e. The Kier molecular flexibility index (Phi) is 4.71. The molecule has 0 aliphatic carbocycles. The summed E-state index contributed by atoms with van der Waals surface area (Å²) in [6, 6.07) is 5.66. The Morgan fingerprint density at radius 3 is 2.93 bits per heavy atom. The van der Waals surface area contributed by atoms with Gasteiger partial charge in [-0.1, -0.05) is 0 Å². The summed E-state index contributed by atoms with van der Waals surface area (Å²) in [5.41, 5.74) is 3.73. The maximum absolute atomic E-state index is 11.6. The molecule has 9 heteroatoms. The van der Waals surface area contributed by atoms with Crippen LogP contribution in [0.15, 0.2) is 36.8 Å². The molecular formula is C18H22N6O2S. The second-order valence-electron chi connectivity index (χ2n) is 6.78. The molecule has 1 fully saturated rings. The van der Waals surface area contributed by atoms with E-state index in [1.807, 2.05) is 12.3 Å². The Balaban J connectivity index is 1.77. The van der Waals surface area contributed by atoms with Crippen LogP contribution in [0.1, 0.15) is 12.8 Å². The molecular weight excluding hydrogens is 364 g/mol. The Bertz CT molecular complexity index is 1060. The molecule has 3 aromatic rings. The quantitative estimate of drug-likeness (QED) is 0.535. The topological polar surface area (TPSA) is 112 Å². The third kappa shape index (κ3) is 4.04. The minimum Gasteiger partial charge on any atom is -0.380 e. The third-order valence-corrected chi connectivity index (χ3v) is 5.18. The molecule has 4 N–H and O–H groups in total. The maximum Gasteiger partial charge on any atom is 0.229 e. The number of aromatic nitrogens is 3. The fourth-order valence-corrected chi connectivity index (χ4v) is 3.95. The summed E-state index contributed by atoms with van der Waals surface area (Å²) in [7, 11) is -3.36. The monoisotopic (exact) mass is 386 g/mol. The minimum absolute atomic E-state index is 0.315. The van der Waals surface area contributed by atoms with Gasteiger partial charge in [0.05, 0.1) is 23.3 Å². The van der Waals surface area contributed by atoms with Gasteiger partial charge in [-0.3, -0.25) is 9.71 Å². The molecule has 1 unspecified atom stereocenters. The standard InChI is InChI=1S/C18H22N6O2S/c1-27(25,26)24-12-4-7-20-16(9-12)15-11-22-18-14(5-8-21-18)17(15)23-13-3-2-6-19-10-13/h4-5,7-9,11,13,19H,2-3,6,10H2,1H3,(H,20,24)(H2,21,22,23). The van der Waals surface area contributed by atoms with Crippen molar-refractivity contribution in [2.24, 2.45) is 0 Å². The van der Waals surface area contributed by atoms with E-state index in [9.17, 15) is 8.42 Å². The highest BCUT2D eigenvalue weighted by Crippen LogP contribution is 2.34. The number of hydrogen-bond donors (Lipinski definition) is 4. The average molecular weight is 386 g/mol. The van der Waals surface area contributed by atoms with Crippen molar-refractivity contribution < 1.29 is 8.42 Å². The fourth-order valence-electron chi connectivity index (χ4n) is 3.39. The van der Waals surface area contributed by atoms with Crippen LogP contribution in [-0.2, 0) is 10.0 Å². The number of nitrogens with one attached hydrogen (secondary N) is 4. The number of hydrogen-bond acceptors (Lipinski definition) is 6. The van der Waals surface area contributed by atoms with Crippen molar-refractivity contribution in [3.05, 3.63) is 36.8 Å². The van der Waals surface area contributed by atoms with Crippen LogP contribution in [0, 0.1) is 0 Å². The van der Waals surface area contributed by atoms with Crippen molar-refractivity contribution in [2.75, 3.05) is 29.4 Å². The number of H-pyrrole nitrogens is 1. The van der Waals surface area contributed by atoms with Crippen LogP contribution in [0.4, 0.5) is 11.4 Å². The molecule has 8 nitrogen and oxygen atoms in total. The first-order chi connectivity index (χ1) is 13.0. The van der Waals surface area contributed by atoms with Gasteiger partial charge < -0.3 is 15.6 Å². The lowest BCUT2D eigenvalue weighted by atomic mass is 10.0. The third-order valence-electron chi connectivity index (χ3n) is 4.57. The summed E-state index contributed by atoms with van der Waals surface area (Å²) >= 11 is 0. The summed E-state index contributed by atoms with van der Waals surface area (Å²) in [6.45, 7) is 1.94. The van der Waals surface area contributed by atoms with Gasteiger partial charge in [-0.25, -0.2) is 13.4 Å². The molecule has 1 saturated heterocycles. The number of sulfonamides is 1. The van der Waals surface area contributed by atoms with Crippen molar-refractivity contribution in [1.29, 1.82) is 0 Å². The predicted molar refractivity (Wildman–Crippen MR) is 107 cm³/mol. The van der Waals surface area contributed by atoms with Crippen LogP contribution < -0.4 is 15.4 Å². The van der Waals surface area contributed by atoms with Gasteiger partial charge in [0.15, 0.2) is 0 Å². The summed E-state index contributed by atoms with van der Waals surface area (Å²) in [6.07, 6.45) is 8.56. The number of piperidine rings is 1. The van der Waals surface area contributed by atoms with E-state index in [-0.39, 0.29) is 0 Å². The highest BCUT2D eigenvalue weighted by Gasteiger charge is 2.18. The van der Waals surface area contributed by atoms with Crippen LogP contribution in [0.25, 0.3) is 22.3 Å². The lowest BCUT2D eigenvalue weighted by molar-refractivity contribution is 0.480. The number of fused-ring (bicyclic) bond motifs is 1. The van der Waals surface area contributed by atoms with Crippen molar-refractivity contribution in [3.63, 3.8) is 0 Å². The molecule has 4 rings (SSSR count). The SMILES string of the molecule is CS(=O)(=O)Nc1ccnc(-c2cnc3[nH]ccc3c2NC2CCCNC2)c1. The average Bonchev–Trinajstić information content (AvgIpc) is 3.11. The highest BCUT2D eigenvalue weighted by molar-refractivity contribution is 7.92. The van der Waals surface area contributed by atoms with E-state index in [1.54, 1.807) is 24.5 Å². The van der Waals surface area contributed by atoms with Crippen molar-refractivity contribution in [2.45, 2.75) is 18.9 Å². The van der Waals surface area contributed by atoms with E-state index in [1.165, 1.54) is 0 Å². The Hall–Kier alpha value is -2.65. The van der Waals surface area contributed by atoms with Gasteiger partial charge in [-0.05, 0) is 37.6 Å². The van der Waals surface area contributed by atoms with Gasteiger partial charge in [-0.15, -0.1) is 0 Å². The highest BCUT2D eigenvalue weighted by atomic mass is 32.2. The summed E-state index contributed by atoms with van der Waals surface area (Å²) in [5, 5.41) is 8.04. The molecule has 4 heterocycles. The predicted octanol–water partition coefficient (Wildman–Crippen LogP) is 2.16. The minimum atomic E-state index is -3.36. The molecule has 0 radical (unpaired) electrons. The van der Waals surface area contributed by atoms with Crippen LogP contribution in [0.5, 0.6) is 0 Å². The number of anilines is 2. The van der Waals surface area contributed by atoms with Gasteiger partial charge >= 0.3 is 0 Å². The zero-order valence-electron chi connectivity index (χ0n) is 15.0. The van der Waals surface area contributed by atoms with Crippen LogP contribution in [0.2, 0.25) is 0 Å². The lowest BCUT2D eigenvalue weighted by Gasteiger charge is -2.26. The summed E-state index contributed by atoms with van der Waals surface area (Å²) in [5.74, 6) is 0. The normalized spacial score (nSPS) is 17.7. The van der Waals surface area contributed by atoms with Gasteiger partial charge in [-0.2, -0.15) is 0 Å². The fraction of sp³-hybridized carbons (Fsp3) is 0.333. The van der Waals surface area contributed by atoms with Crippen LogP contribution >= 0.6 is 0 Å². The number of pyridine rings is 2. The molecule has 1 aliphatic rings. The van der Waals surface area contributed by atoms with Crippen LogP contribution in [0.3, 0.4) is 0 Å². The molecule has 0 amide bonds. The van der Waals surface area contributed by atoms with Crippen molar-refractivity contribution in [1.82, 2.24) is 20.3 Å². The van der Waals surface area contributed by atoms with E-state index in [4.69, 9.17) is 0 Å². The lowest BCUT2D eigenvalue weighted by Crippen LogP contribution is -2.38. The van der Waals surface area contributed by atoms with E-state index in [0.717, 1.165) is 54.5 Å². The van der Waals surface area contributed by atoms with Gasteiger partial charge in [0.2, 0.25) is 10.0 Å². The molecule has 27 heavy (non-hydrogen) atoms. The van der Waals surface area contributed by atoms with Gasteiger partial charge in [0.25, 0.3) is 0 Å². The zero-order valence-corrected chi connectivity index (χ0v) is 15.8. The molecule has 142 valence electrons.